The molecule has 1 aromatic heterocycles. The van der Waals surface area contributed by atoms with Crippen LogP contribution < -0.4 is 9.44 Å². The minimum absolute atomic E-state index is 0.0191. The van der Waals surface area contributed by atoms with Crippen LogP contribution in [0.15, 0.2) is 50.9 Å². The van der Waals surface area contributed by atoms with Gasteiger partial charge in [-0.05, 0) is 43.0 Å². The second-order valence-corrected chi connectivity index (χ2v) is 9.84. The first-order valence-electron chi connectivity index (χ1n) is 6.85. The second kappa shape index (κ2) is 7.10. The van der Waals surface area contributed by atoms with Gasteiger partial charge in [0.05, 0.1) is 4.90 Å². The molecule has 2 aromatic rings. The van der Waals surface area contributed by atoms with Gasteiger partial charge in [-0.1, -0.05) is 18.2 Å². The molecule has 126 valence electrons. The number of hydrogen-bond donors (Lipinski definition) is 2. The molecule has 23 heavy (non-hydrogen) atoms. The van der Waals surface area contributed by atoms with Gasteiger partial charge in [0.25, 0.3) is 0 Å². The van der Waals surface area contributed by atoms with Crippen LogP contribution in [0, 0.1) is 0 Å². The predicted molar refractivity (Wildman–Crippen MR) is 90.2 cm³/mol. The molecule has 1 aromatic carbocycles. The quantitative estimate of drug-likeness (QED) is 0.774. The van der Waals surface area contributed by atoms with Gasteiger partial charge in [0.15, 0.2) is 0 Å². The average Bonchev–Trinajstić information content (AvgIpc) is 2.99. The summed E-state index contributed by atoms with van der Waals surface area (Å²) in [5.41, 5.74) is 0.566. The number of sulfonamides is 2. The van der Waals surface area contributed by atoms with Gasteiger partial charge in [-0.3, -0.25) is 0 Å². The molecule has 6 nitrogen and oxygen atoms in total. The number of thiophene rings is 1. The highest BCUT2D eigenvalue weighted by Gasteiger charge is 2.17. The van der Waals surface area contributed by atoms with Crippen LogP contribution in [0.1, 0.15) is 19.4 Å². The van der Waals surface area contributed by atoms with E-state index in [0.29, 0.717) is 5.56 Å². The van der Waals surface area contributed by atoms with Crippen LogP contribution in [-0.2, 0) is 26.6 Å². The van der Waals surface area contributed by atoms with Crippen molar-refractivity contribution in [3.05, 3.63) is 47.3 Å². The minimum Gasteiger partial charge on any atom is -0.209 e. The van der Waals surface area contributed by atoms with Gasteiger partial charge >= 0.3 is 0 Å². The summed E-state index contributed by atoms with van der Waals surface area (Å²) in [6, 6.07) is 9.14. The monoisotopic (exact) mass is 374 g/mol. The lowest BCUT2D eigenvalue weighted by Crippen LogP contribution is -2.30. The molecule has 2 rings (SSSR count). The van der Waals surface area contributed by atoms with Crippen molar-refractivity contribution in [1.82, 2.24) is 9.44 Å². The summed E-state index contributed by atoms with van der Waals surface area (Å²) in [4.78, 5) is 0.110. The van der Waals surface area contributed by atoms with Crippen molar-refractivity contribution in [2.24, 2.45) is 0 Å². The van der Waals surface area contributed by atoms with E-state index in [4.69, 9.17) is 0 Å². The molecule has 0 aliphatic heterocycles. The van der Waals surface area contributed by atoms with E-state index >= 15 is 0 Å². The molecule has 0 fully saturated rings. The van der Waals surface area contributed by atoms with Gasteiger partial charge < -0.3 is 0 Å². The molecule has 0 radical (unpaired) electrons. The molecule has 0 bridgehead atoms. The Balaban J connectivity index is 2.15. The van der Waals surface area contributed by atoms with Crippen molar-refractivity contribution < 1.29 is 16.8 Å². The summed E-state index contributed by atoms with van der Waals surface area (Å²) in [6.45, 7) is 3.48. The zero-order valence-electron chi connectivity index (χ0n) is 12.7. The number of nitrogens with one attached hydrogen (secondary N) is 2. The molecule has 0 aliphatic carbocycles. The molecule has 0 atom stereocenters. The van der Waals surface area contributed by atoms with Gasteiger partial charge in [0.1, 0.15) is 4.21 Å². The van der Waals surface area contributed by atoms with Crippen molar-refractivity contribution >= 4 is 31.4 Å². The van der Waals surface area contributed by atoms with Crippen LogP contribution in [0.4, 0.5) is 0 Å². The van der Waals surface area contributed by atoms with Gasteiger partial charge in [-0.25, -0.2) is 26.3 Å². The van der Waals surface area contributed by atoms with Gasteiger partial charge in [0, 0.05) is 12.6 Å². The zero-order chi connectivity index (χ0) is 17.1. The Labute approximate surface area is 140 Å². The Bertz CT molecular complexity index is 857. The highest BCUT2D eigenvalue weighted by molar-refractivity contribution is 7.91. The smallest absolute Gasteiger partial charge is 0.209 e. The fraction of sp³-hybridized carbons (Fsp3) is 0.286. The maximum atomic E-state index is 12.1. The van der Waals surface area contributed by atoms with Crippen LogP contribution in [0.3, 0.4) is 0 Å². The highest BCUT2D eigenvalue weighted by atomic mass is 32.2. The van der Waals surface area contributed by atoms with Crippen LogP contribution >= 0.6 is 11.3 Å². The molecule has 0 aliphatic rings. The molecule has 1 heterocycles. The molecule has 0 spiro atoms. The maximum Gasteiger partial charge on any atom is 0.250 e. The Morgan fingerprint density at radius 1 is 1.04 bits per heavy atom. The standard InChI is InChI=1S/C14H18N2O4S3/c1-11(2)16-22(17,18)13-6-3-5-12(9-13)10-15-23(19,20)14-7-4-8-21-14/h3-9,11,15-16H,10H2,1-2H3. The van der Waals surface area contributed by atoms with E-state index in [1.165, 1.54) is 18.2 Å². The van der Waals surface area contributed by atoms with Crippen LogP contribution in [-0.4, -0.2) is 22.9 Å². The molecule has 2 N–H and O–H groups in total. The molecule has 9 heteroatoms. The first kappa shape index (κ1) is 18.1. The fourth-order valence-electron chi connectivity index (χ4n) is 1.87. The number of rotatable bonds is 7. The van der Waals surface area contributed by atoms with E-state index in [2.05, 4.69) is 9.44 Å². The molecular formula is C14H18N2O4S3. The van der Waals surface area contributed by atoms with E-state index in [-0.39, 0.29) is 21.7 Å². The van der Waals surface area contributed by atoms with Gasteiger partial charge in [-0.2, -0.15) is 0 Å². The topological polar surface area (TPSA) is 92.3 Å². The Kier molecular flexibility index (Phi) is 5.58. The third-order valence-corrected chi connectivity index (χ3v) is 7.28. The third kappa shape index (κ3) is 4.85. The summed E-state index contributed by atoms with van der Waals surface area (Å²) >= 11 is 1.12. The molecule has 0 amide bonds. The van der Waals surface area contributed by atoms with Crippen molar-refractivity contribution in [2.75, 3.05) is 0 Å². The molecular weight excluding hydrogens is 356 g/mol. The largest absolute Gasteiger partial charge is 0.250 e. The van der Waals surface area contributed by atoms with Crippen LogP contribution in [0.25, 0.3) is 0 Å². The van der Waals surface area contributed by atoms with E-state index in [0.717, 1.165) is 11.3 Å². The number of benzene rings is 1. The SMILES string of the molecule is CC(C)NS(=O)(=O)c1cccc(CNS(=O)(=O)c2cccs2)c1. The van der Waals surface area contributed by atoms with Gasteiger partial charge in [0.2, 0.25) is 20.0 Å². The van der Waals surface area contributed by atoms with Crippen molar-refractivity contribution in [3.8, 4) is 0 Å². The lowest BCUT2D eigenvalue weighted by Gasteiger charge is -2.11. The fourth-order valence-corrected chi connectivity index (χ4v) is 5.24. The van der Waals surface area contributed by atoms with Crippen LogP contribution in [0.2, 0.25) is 0 Å². The van der Waals surface area contributed by atoms with E-state index < -0.39 is 20.0 Å². The lowest BCUT2D eigenvalue weighted by atomic mass is 10.2. The lowest BCUT2D eigenvalue weighted by molar-refractivity contribution is 0.569. The predicted octanol–water partition coefficient (Wildman–Crippen LogP) is 1.91. The summed E-state index contributed by atoms with van der Waals surface area (Å²) in [7, 11) is -7.18. The number of hydrogen-bond acceptors (Lipinski definition) is 5. The molecule has 0 unspecified atom stereocenters. The van der Waals surface area contributed by atoms with E-state index in [1.807, 2.05) is 0 Å². The Hall–Kier alpha value is -1.26. The van der Waals surface area contributed by atoms with E-state index in [9.17, 15) is 16.8 Å². The first-order valence-corrected chi connectivity index (χ1v) is 10.7. The van der Waals surface area contributed by atoms with Crippen molar-refractivity contribution in [1.29, 1.82) is 0 Å². The first-order chi connectivity index (χ1) is 10.7. The minimum atomic E-state index is -3.60. The summed E-state index contributed by atoms with van der Waals surface area (Å²) in [5.74, 6) is 0. The average molecular weight is 375 g/mol. The Morgan fingerprint density at radius 3 is 2.39 bits per heavy atom. The Morgan fingerprint density at radius 2 is 1.78 bits per heavy atom. The van der Waals surface area contributed by atoms with Crippen molar-refractivity contribution in [3.63, 3.8) is 0 Å². The normalized spacial score (nSPS) is 12.7. The zero-order valence-corrected chi connectivity index (χ0v) is 15.1. The molecule has 0 saturated heterocycles. The van der Waals surface area contributed by atoms with Crippen LogP contribution in [0.5, 0.6) is 0 Å². The van der Waals surface area contributed by atoms with E-state index in [1.54, 1.807) is 37.4 Å². The highest BCUT2D eigenvalue weighted by Crippen LogP contribution is 2.17. The van der Waals surface area contributed by atoms with Crippen molar-refractivity contribution in [2.45, 2.75) is 35.5 Å². The summed E-state index contributed by atoms with van der Waals surface area (Å²) < 4.78 is 53.6. The third-order valence-electron chi connectivity index (χ3n) is 2.83. The summed E-state index contributed by atoms with van der Waals surface area (Å²) in [6.07, 6.45) is 0. The second-order valence-electron chi connectivity index (χ2n) is 5.18. The summed E-state index contributed by atoms with van der Waals surface area (Å²) in [5, 5.41) is 1.68. The van der Waals surface area contributed by atoms with Gasteiger partial charge in [-0.15, -0.1) is 11.3 Å². The molecule has 0 saturated carbocycles. The maximum absolute atomic E-state index is 12.1.